The Morgan fingerprint density at radius 2 is 2.05 bits per heavy atom. The zero-order valence-electron chi connectivity index (χ0n) is 12.3. The lowest BCUT2D eigenvalue weighted by Gasteiger charge is -2.20. The second kappa shape index (κ2) is 6.47. The van der Waals surface area contributed by atoms with Crippen LogP contribution in [-0.4, -0.2) is 34.4 Å². The number of hydrogen-bond donors (Lipinski definition) is 2. The molecular formula is C13H23N5O. The maximum Gasteiger partial charge on any atom is 0.274 e. The molecule has 1 aromatic heterocycles. The normalized spacial score (nSPS) is 10.9. The smallest absolute Gasteiger partial charge is 0.274 e. The summed E-state index contributed by atoms with van der Waals surface area (Å²) in [6.07, 6.45) is 1.55. The van der Waals surface area contributed by atoms with Crippen molar-refractivity contribution >= 4 is 11.6 Å². The third-order valence-corrected chi connectivity index (χ3v) is 2.67. The van der Waals surface area contributed by atoms with Crippen LogP contribution in [0.1, 0.15) is 49.9 Å². The summed E-state index contributed by atoms with van der Waals surface area (Å²) in [6.45, 7) is 8.76. The molecule has 0 aliphatic carbocycles. The molecular weight excluding hydrogens is 242 g/mol. The van der Waals surface area contributed by atoms with Crippen molar-refractivity contribution in [3.05, 3.63) is 17.7 Å². The van der Waals surface area contributed by atoms with E-state index in [1.165, 1.54) is 0 Å². The van der Waals surface area contributed by atoms with Crippen molar-refractivity contribution in [2.24, 2.45) is 11.8 Å². The highest BCUT2D eigenvalue weighted by atomic mass is 16.2. The molecule has 0 unspecified atom stereocenters. The van der Waals surface area contributed by atoms with Gasteiger partial charge in [0.2, 0.25) is 0 Å². The molecule has 3 N–H and O–H groups in total. The fourth-order valence-corrected chi connectivity index (χ4v) is 1.75. The minimum atomic E-state index is -0.147. The van der Waals surface area contributed by atoms with E-state index in [-0.39, 0.29) is 11.8 Å². The van der Waals surface area contributed by atoms with E-state index in [4.69, 9.17) is 5.84 Å². The Morgan fingerprint density at radius 1 is 1.42 bits per heavy atom. The van der Waals surface area contributed by atoms with E-state index >= 15 is 0 Å². The van der Waals surface area contributed by atoms with Gasteiger partial charge < -0.3 is 10.3 Å². The number of aromatic nitrogens is 2. The molecule has 106 valence electrons. The van der Waals surface area contributed by atoms with E-state index in [1.54, 1.807) is 18.1 Å². The van der Waals surface area contributed by atoms with Crippen molar-refractivity contribution in [3.8, 4) is 0 Å². The number of hydrogen-bond acceptors (Lipinski definition) is 5. The van der Waals surface area contributed by atoms with Crippen molar-refractivity contribution in [3.63, 3.8) is 0 Å². The first-order valence-corrected chi connectivity index (χ1v) is 6.45. The molecule has 0 saturated heterocycles. The number of nitrogens with one attached hydrogen (secondary N) is 1. The van der Waals surface area contributed by atoms with E-state index in [0.717, 1.165) is 0 Å². The molecule has 0 spiro atoms. The minimum absolute atomic E-state index is 0.147. The highest BCUT2D eigenvalue weighted by Crippen LogP contribution is 2.17. The average Bonchev–Trinajstić information content (AvgIpc) is 2.36. The zero-order valence-corrected chi connectivity index (χ0v) is 12.3. The molecule has 1 amide bonds. The molecule has 0 bridgehead atoms. The number of hydrazine groups is 1. The average molecular weight is 265 g/mol. The number of carbonyl (C=O) groups is 1. The van der Waals surface area contributed by atoms with E-state index in [0.29, 0.717) is 29.7 Å². The summed E-state index contributed by atoms with van der Waals surface area (Å²) in [5.41, 5.74) is 3.25. The van der Waals surface area contributed by atoms with Crippen LogP contribution < -0.4 is 11.3 Å². The number of nitrogens with two attached hydrogens (primary N) is 1. The first-order valence-electron chi connectivity index (χ1n) is 6.45. The third kappa shape index (κ3) is 3.89. The highest BCUT2D eigenvalue weighted by Gasteiger charge is 2.20. The van der Waals surface area contributed by atoms with Crippen LogP contribution >= 0.6 is 0 Å². The van der Waals surface area contributed by atoms with Crippen LogP contribution in [0.3, 0.4) is 0 Å². The van der Waals surface area contributed by atoms with Gasteiger partial charge in [-0.25, -0.2) is 9.97 Å². The van der Waals surface area contributed by atoms with Crippen molar-refractivity contribution < 1.29 is 4.79 Å². The van der Waals surface area contributed by atoms with Gasteiger partial charge in [-0.05, 0) is 5.92 Å². The lowest BCUT2D eigenvalue weighted by Crippen LogP contribution is -2.32. The first kappa shape index (κ1) is 15.4. The van der Waals surface area contributed by atoms with E-state index in [9.17, 15) is 4.79 Å². The van der Waals surface area contributed by atoms with E-state index in [2.05, 4.69) is 29.2 Å². The largest absolute Gasteiger partial charge is 0.340 e. The number of nitrogens with zero attached hydrogens (tertiary/aromatic N) is 3. The van der Waals surface area contributed by atoms with Crippen LogP contribution in [0.5, 0.6) is 0 Å². The van der Waals surface area contributed by atoms with Gasteiger partial charge in [0.15, 0.2) is 5.69 Å². The SMILES string of the molecule is CC(C)CN(C)C(=O)c1nc(C(C)C)ncc1NN. The summed E-state index contributed by atoms with van der Waals surface area (Å²) in [4.78, 5) is 22.5. The Hall–Kier alpha value is -1.69. The van der Waals surface area contributed by atoms with E-state index in [1.807, 2.05) is 13.8 Å². The van der Waals surface area contributed by atoms with Gasteiger partial charge in [0.05, 0.1) is 11.9 Å². The molecule has 0 aromatic carbocycles. The van der Waals surface area contributed by atoms with Crippen molar-refractivity contribution in [2.45, 2.75) is 33.6 Å². The van der Waals surface area contributed by atoms with E-state index < -0.39 is 0 Å². The van der Waals surface area contributed by atoms with Crippen molar-refractivity contribution in [1.29, 1.82) is 0 Å². The summed E-state index contributed by atoms with van der Waals surface area (Å²) in [5.74, 6) is 6.47. The Morgan fingerprint density at radius 3 is 2.53 bits per heavy atom. The Bertz CT molecular complexity index is 445. The molecule has 19 heavy (non-hydrogen) atoms. The topological polar surface area (TPSA) is 84.1 Å². The zero-order chi connectivity index (χ0) is 14.6. The van der Waals surface area contributed by atoms with Crippen LogP contribution in [0.4, 0.5) is 5.69 Å². The quantitative estimate of drug-likeness (QED) is 0.624. The number of rotatable bonds is 5. The second-order valence-corrected chi connectivity index (χ2v) is 5.37. The molecule has 1 heterocycles. The maximum absolute atomic E-state index is 12.4. The van der Waals surface area contributed by atoms with Gasteiger partial charge in [0, 0.05) is 19.5 Å². The number of carbonyl (C=O) groups excluding carboxylic acids is 1. The van der Waals surface area contributed by atoms with Crippen LogP contribution in [0, 0.1) is 5.92 Å². The van der Waals surface area contributed by atoms with Crippen LogP contribution in [0.2, 0.25) is 0 Å². The summed E-state index contributed by atoms with van der Waals surface area (Å²) in [5, 5.41) is 0. The lowest BCUT2D eigenvalue weighted by molar-refractivity contribution is 0.0774. The monoisotopic (exact) mass is 265 g/mol. The van der Waals surface area contributed by atoms with Gasteiger partial charge in [0.25, 0.3) is 5.91 Å². The van der Waals surface area contributed by atoms with Crippen molar-refractivity contribution in [2.75, 3.05) is 19.0 Å². The molecule has 0 saturated carbocycles. The Balaban J connectivity index is 3.08. The predicted octanol–water partition coefficient (Wildman–Crippen LogP) is 1.61. The van der Waals surface area contributed by atoms with Crippen LogP contribution in [-0.2, 0) is 0 Å². The summed E-state index contributed by atoms with van der Waals surface area (Å²) in [7, 11) is 1.76. The lowest BCUT2D eigenvalue weighted by atomic mass is 10.2. The van der Waals surface area contributed by atoms with Gasteiger partial charge in [-0.15, -0.1) is 0 Å². The predicted molar refractivity (Wildman–Crippen MR) is 75.7 cm³/mol. The molecule has 1 aromatic rings. The summed E-state index contributed by atoms with van der Waals surface area (Å²) >= 11 is 0. The van der Waals surface area contributed by atoms with Gasteiger partial charge in [-0.1, -0.05) is 27.7 Å². The molecule has 0 aliphatic rings. The summed E-state index contributed by atoms with van der Waals surface area (Å²) in [6, 6.07) is 0. The molecule has 0 radical (unpaired) electrons. The standard InChI is InChI=1S/C13H23N5O/c1-8(2)7-18(5)13(19)11-10(17-14)6-15-12(16-11)9(3)4/h6,8-9,17H,7,14H2,1-5H3. The Kier molecular flexibility index (Phi) is 5.23. The van der Waals surface area contributed by atoms with Gasteiger partial charge in [-0.2, -0.15) is 0 Å². The van der Waals surface area contributed by atoms with Gasteiger partial charge >= 0.3 is 0 Å². The second-order valence-electron chi connectivity index (χ2n) is 5.37. The molecule has 0 fully saturated rings. The molecule has 1 rings (SSSR count). The fourth-order valence-electron chi connectivity index (χ4n) is 1.75. The van der Waals surface area contributed by atoms with Crippen LogP contribution in [0.25, 0.3) is 0 Å². The van der Waals surface area contributed by atoms with Crippen LogP contribution in [0.15, 0.2) is 6.20 Å². The number of anilines is 1. The van der Waals surface area contributed by atoms with Crippen molar-refractivity contribution in [1.82, 2.24) is 14.9 Å². The molecule has 0 atom stereocenters. The molecule has 6 heteroatoms. The number of nitrogen functional groups attached to an aromatic ring is 1. The third-order valence-electron chi connectivity index (χ3n) is 2.67. The van der Waals surface area contributed by atoms with Gasteiger partial charge in [0.1, 0.15) is 5.82 Å². The van der Waals surface area contributed by atoms with Gasteiger partial charge in [-0.3, -0.25) is 10.6 Å². The minimum Gasteiger partial charge on any atom is -0.340 e. The number of amides is 1. The fraction of sp³-hybridized carbons (Fsp3) is 0.615. The summed E-state index contributed by atoms with van der Waals surface area (Å²) < 4.78 is 0. The molecule has 6 nitrogen and oxygen atoms in total. The highest BCUT2D eigenvalue weighted by molar-refractivity contribution is 5.97. The first-order chi connectivity index (χ1) is 8.86. The molecule has 0 aliphatic heterocycles. The Labute approximate surface area is 114 Å². The maximum atomic E-state index is 12.4.